The summed E-state index contributed by atoms with van der Waals surface area (Å²) in [5.74, 6) is 0.633. The average molecular weight is 330 g/mol. The molecule has 0 radical (unpaired) electrons. The Labute approximate surface area is 133 Å². The predicted molar refractivity (Wildman–Crippen MR) is 80.2 cm³/mol. The largest absolute Gasteiger partial charge is 0.497 e. The van der Waals surface area contributed by atoms with Gasteiger partial charge in [0.25, 0.3) is 0 Å². The Hall–Kier alpha value is -1.76. The van der Waals surface area contributed by atoms with Crippen LogP contribution in [0.4, 0.5) is 13.2 Å². The van der Waals surface area contributed by atoms with E-state index in [-0.39, 0.29) is 18.5 Å². The van der Waals surface area contributed by atoms with Crippen LogP contribution in [-0.4, -0.2) is 55.2 Å². The number of benzene rings is 1. The number of hydrogen-bond acceptors (Lipinski definition) is 3. The number of piperazine rings is 1. The van der Waals surface area contributed by atoms with Crippen molar-refractivity contribution < 1.29 is 22.7 Å². The molecule has 1 aliphatic heterocycles. The van der Waals surface area contributed by atoms with Gasteiger partial charge in [-0.1, -0.05) is 12.1 Å². The normalized spacial score (nSPS) is 19.7. The van der Waals surface area contributed by atoms with Gasteiger partial charge >= 0.3 is 6.18 Å². The monoisotopic (exact) mass is 330 g/mol. The molecule has 1 amide bonds. The van der Waals surface area contributed by atoms with Crippen molar-refractivity contribution in [3.8, 4) is 5.75 Å². The first-order valence-corrected chi connectivity index (χ1v) is 7.50. The minimum atomic E-state index is -4.18. The van der Waals surface area contributed by atoms with E-state index in [2.05, 4.69) is 0 Å². The molecule has 7 heteroatoms. The number of methoxy groups -OCH3 is 1. The molecule has 0 N–H and O–H groups in total. The molecule has 1 heterocycles. The van der Waals surface area contributed by atoms with Gasteiger partial charge in [-0.05, 0) is 17.7 Å². The average Bonchev–Trinajstić information content (AvgIpc) is 2.52. The Morgan fingerprint density at radius 3 is 2.43 bits per heavy atom. The lowest BCUT2D eigenvalue weighted by molar-refractivity contribution is -0.143. The number of alkyl halides is 3. The van der Waals surface area contributed by atoms with E-state index in [0.717, 1.165) is 5.56 Å². The lowest BCUT2D eigenvalue weighted by Crippen LogP contribution is -2.50. The third-order valence-electron chi connectivity index (χ3n) is 4.12. The number of nitrogens with zero attached hydrogens (tertiary/aromatic N) is 2. The van der Waals surface area contributed by atoms with E-state index >= 15 is 0 Å². The number of rotatable bonds is 4. The number of hydrogen-bond donors (Lipinski definition) is 0. The van der Waals surface area contributed by atoms with Gasteiger partial charge in [0.15, 0.2) is 0 Å². The molecule has 0 bridgehead atoms. The molecule has 0 unspecified atom stereocenters. The van der Waals surface area contributed by atoms with Crippen LogP contribution in [0.15, 0.2) is 24.3 Å². The summed E-state index contributed by atoms with van der Waals surface area (Å²) < 4.78 is 42.7. The highest BCUT2D eigenvalue weighted by atomic mass is 19.4. The van der Waals surface area contributed by atoms with Gasteiger partial charge in [-0.25, -0.2) is 0 Å². The molecule has 0 aromatic heterocycles. The Morgan fingerprint density at radius 1 is 1.26 bits per heavy atom. The van der Waals surface area contributed by atoms with Crippen LogP contribution < -0.4 is 4.74 Å². The van der Waals surface area contributed by atoms with Crippen LogP contribution in [0.2, 0.25) is 0 Å². The second-order valence-corrected chi connectivity index (χ2v) is 5.66. The zero-order chi connectivity index (χ0) is 17.0. The maximum atomic E-state index is 12.5. The second kappa shape index (κ2) is 7.21. The van der Waals surface area contributed by atoms with Crippen LogP contribution in [0, 0.1) is 0 Å². The van der Waals surface area contributed by atoms with Gasteiger partial charge in [0.05, 0.1) is 19.6 Å². The van der Waals surface area contributed by atoms with Gasteiger partial charge in [0.2, 0.25) is 5.91 Å². The van der Waals surface area contributed by atoms with E-state index in [4.69, 9.17) is 4.74 Å². The summed E-state index contributed by atoms with van der Waals surface area (Å²) in [5, 5.41) is 0. The highest BCUT2D eigenvalue weighted by molar-refractivity contribution is 5.73. The predicted octanol–water partition coefficient (Wildman–Crippen LogP) is 2.85. The fourth-order valence-electron chi connectivity index (χ4n) is 2.79. The quantitative estimate of drug-likeness (QED) is 0.851. The van der Waals surface area contributed by atoms with E-state index in [1.165, 1.54) is 6.92 Å². The zero-order valence-electron chi connectivity index (χ0n) is 13.3. The first-order chi connectivity index (χ1) is 10.8. The summed E-state index contributed by atoms with van der Waals surface area (Å²) >= 11 is 0. The van der Waals surface area contributed by atoms with Gasteiger partial charge in [-0.3, -0.25) is 9.69 Å². The summed E-state index contributed by atoms with van der Waals surface area (Å²) in [4.78, 5) is 15.1. The topological polar surface area (TPSA) is 32.8 Å². The molecule has 1 aromatic rings. The molecule has 1 aliphatic rings. The summed E-state index contributed by atoms with van der Waals surface area (Å²) in [5.41, 5.74) is 0.888. The zero-order valence-corrected chi connectivity index (χ0v) is 13.3. The SMILES string of the molecule is COc1ccc([C@H]2CN(C(C)=O)CCN2CCC(F)(F)F)cc1. The maximum absolute atomic E-state index is 12.5. The third kappa shape index (κ3) is 4.86. The second-order valence-electron chi connectivity index (χ2n) is 5.66. The Balaban J connectivity index is 2.16. The van der Waals surface area contributed by atoms with E-state index in [1.807, 2.05) is 12.1 Å². The number of carbonyl (C=O) groups is 1. The van der Waals surface area contributed by atoms with E-state index in [9.17, 15) is 18.0 Å². The van der Waals surface area contributed by atoms with E-state index < -0.39 is 12.6 Å². The van der Waals surface area contributed by atoms with Crippen molar-refractivity contribution in [3.63, 3.8) is 0 Å². The molecular formula is C16H21F3N2O2. The van der Waals surface area contributed by atoms with Gasteiger partial charge in [0, 0.05) is 33.1 Å². The smallest absolute Gasteiger partial charge is 0.390 e. The number of halogens is 3. The molecule has 1 aromatic carbocycles. The van der Waals surface area contributed by atoms with Crippen LogP contribution in [0.5, 0.6) is 5.75 Å². The molecule has 0 spiro atoms. The molecule has 4 nitrogen and oxygen atoms in total. The first-order valence-electron chi connectivity index (χ1n) is 7.50. The van der Waals surface area contributed by atoms with Crippen molar-refractivity contribution in [3.05, 3.63) is 29.8 Å². The summed E-state index contributed by atoms with van der Waals surface area (Å²) in [6, 6.07) is 7.01. The fourth-order valence-corrected chi connectivity index (χ4v) is 2.79. The molecular weight excluding hydrogens is 309 g/mol. The van der Waals surface area contributed by atoms with Gasteiger partial charge in [-0.15, -0.1) is 0 Å². The van der Waals surface area contributed by atoms with Crippen LogP contribution in [0.1, 0.15) is 24.9 Å². The standard InChI is InChI=1S/C16H21F3N2O2/c1-12(22)21-10-9-20(8-7-16(17,18)19)15(11-21)13-3-5-14(23-2)6-4-13/h3-6,15H,7-11H2,1-2H3/t15-/m1/s1. The van der Waals surface area contributed by atoms with Gasteiger partial charge < -0.3 is 9.64 Å². The van der Waals surface area contributed by atoms with E-state index in [0.29, 0.717) is 25.4 Å². The van der Waals surface area contributed by atoms with Crippen LogP contribution in [-0.2, 0) is 4.79 Å². The minimum absolute atomic E-state index is 0.0565. The third-order valence-corrected chi connectivity index (χ3v) is 4.12. The molecule has 2 rings (SSSR count). The highest BCUT2D eigenvalue weighted by Crippen LogP contribution is 2.29. The molecule has 1 fully saturated rings. The summed E-state index contributed by atoms with van der Waals surface area (Å²) in [7, 11) is 1.56. The lowest BCUT2D eigenvalue weighted by Gasteiger charge is -2.41. The van der Waals surface area contributed by atoms with Crippen LogP contribution in [0.3, 0.4) is 0 Å². The van der Waals surface area contributed by atoms with E-state index in [1.54, 1.807) is 29.0 Å². The number of ether oxygens (including phenoxy) is 1. The number of amides is 1. The van der Waals surface area contributed by atoms with Crippen molar-refractivity contribution in [2.45, 2.75) is 25.6 Å². The van der Waals surface area contributed by atoms with Crippen molar-refractivity contribution in [1.29, 1.82) is 0 Å². The molecule has 0 aliphatic carbocycles. The summed E-state index contributed by atoms with van der Waals surface area (Å²) in [6.07, 6.45) is -5.03. The highest BCUT2D eigenvalue weighted by Gasteiger charge is 2.33. The molecule has 23 heavy (non-hydrogen) atoms. The Morgan fingerprint density at radius 2 is 1.91 bits per heavy atom. The lowest BCUT2D eigenvalue weighted by atomic mass is 10.0. The van der Waals surface area contributed by atoms with Gasteiger partial charge in [0.1, 0.15) is 5.75 Å². The van der Waals surface area contributed by atoms with Crippen molar-refractivity contribution in [1.82, 2.24) is 9.80 Å². The van der Waals surface area contributed by atoms with Crippen molar-refractivity contribution in [2.24, 2.45) is 0 Å². The van der Waals surface area contributed by atoms with Crippen LogP contribution in [0.25, 0.3) is 0 Å². The van der Waals surface area contributed by atoms with Crippen molar-refractivity contribution >= 4 is 5.91 Å². The fraction of sp³-hybridized carbons (Fsp3) is 0.562. The molecule has 0 saturated carbocycles. The molecule has 128 valence electrons. The first kappa shape index (κ1) is 17.6. The number of carbonyl (C=O) groups excluding carboxylic acids is 1. The maximum Gasteiger partial charge on any atom is 0.390 e. The Bertz CT molecular complexity index is 531. The minimum Gasteiger partial charge on any atom is -0.497 e. The van der Waals surface area contributed by atoms with Gasteiger partial charge in [-0.2, -0.15) is 13.2 Å². The summed E-state index contributed by atoms with van der Waals surface area (Å²) in [6.45, 7) is 2.72. The van der Waals surface area contributed by atoms with Crippen LogP contribution >= 0.6 is 0 Å². The Kier molecular flexibility index (Phi) is 5.51. The molecule has 1 saturated heterocycles. The van der Waals surface area contributed by atoms with Crippen molar-refractivity contribution in [2.75, 3.05) is 33.3 Å². The molecule has 1 atom stereocenters.